The zero-order chi connectivity index (χ0) is 12.3. The number of benzene rings is 1. The molecule has 1 aliphatic heterocycles. The summed E-state index contributed by atoms with van der Waals surface area (Å²) in [6.45, 7) is 0. The van der Waals surface area contributed by atoms with Crippen molar-refractivity contribution in [3.63, 3.8) is 0 Å². The standard InChI is InChI=1S/C12H16N4O.ClH/c1-15-8-9-16(2)12(15)14-13-10-4-6-11(17-3)7-5-10;/h4-9,12H,1-3H3;1H/q+2;/p-1. The second kappa shape index (κ2) is 6.26. The summed E-state index contributed by atoms with van der Waals surface area (Å²) >= 11 is 0. The average molecular weight is 268 g/mol. The second-order valence-corrected chi connectivity index (χ2v) is 3.89. The number of ether oxygens (including phenoxy) is 1. The van der Waals surface area contributed by atoms with E-state index in [0.717, 1.165) is 11.4 Å². The molecule has 0 bridgehead atoms. The van der Waals surface area contributed by atoms with Crippen LogP contribution in [0.5, 0.6) is 5.75 Å². The molecule has 0 unspecified atom stereocenters. The Kier molecular flexibility index (Phi) is 4.97. The van der Waals surface area contributed by atoms with Crippen LogP contribution in [0.4, 0.5) is 5.69 Å². The van der Waals surface area contributed by atoms with E-state index in [4.69, 9.17) is 4.74 Å². The zero-order valence-corrected chi connectivity index (χ0v) is 11.4. The first-order valence-electron chi connectivity index (χ1n) is 5.38. The third-order valence-electron chi connectivity index (χ3n) is 2.61. The van der Waals surface area contributed by atoms with Crippen LogP contribution in [-0.4, -0.2) is 49.1 Å². The fourth-order valence-electron chi connectivity index (χ4n) is 1.58. The molecule has 5 nitrogen and oxygen atoms in total. The Morgan fingerprint density at radius 3 is 2.11 bits per heavy atom. The smallest absolute Gasteiger partial charge is 0.464 e. The van der Waals surface area contributed by atoms with Gasteiger partial charge in [0, 0.05) is 0 Å². The van der Waals surface area contributed by atoms with E-state index in [1.165, 1.54) is 0 Å². The van der Waals surface area contributed by atoms with Crippen LogP contribution in [0.1, 0.15) is 0 Å². The Balaban J connectivity index is 0.00000162. The van der Waals surface area contributed by atoms with Gasteiger partial charge >= 0.3 is 6.29 Å². The van der Waals surface area contributed by atoms with Gasteiger partial charge in [0.1, 0.15) is 19.8 Å². The van der Waals surface area contributed by atoms with Crippen molar-refractivity contribution in [2.75, 3.05) is 21.2 Å². The molecular weight excluding hydrogens is 252 g/mol. The van der Waals surface area contributed by atoms with Gasteiger partial charge in [0.2, 0.25) is 12.4 Å². The molecule has 0 N–H and O–H groups in total. The highest BCUT2D eigenvalue weighted by Gasteiger charge is 2.29. The molecule has 1 aliphatic rings. The molecule has 2 rings (SSSR count). The van der Waals surface area contributed by atoms with E-state index in [9.17, 15) is 0 Å². The van der Waals surface area contributed by atoms with Gasteiger partial charge in [0.25, 0.3) is 0 Å². The summed E-state index contributed by atoms with van der Waals surface area (Å²) in [5.41, 5.74) is 0.819. The molecule has 0 saturated heterocycles. The maximum atomic E-state index is 5.08. The summed E-state index contributed by atoms with van der Waals surface area (Å²) in [7, 11) is 5.58. The van der Waals surface area contributed by atoms with Crippen LogP contribution in [0.25, 0.3) is 0 Å². The quantitative estimate of drug-likeness (QED) is 0.486. The van der Waals surface area contributed by atoms with Crippen LogP contribution in [0, 0.1) is 0 Å². The van der Waals surface area contributed by atoms with Crippen molar-refractivity contribution in [1.82, 2.24) is 0 Å². The number of hydrogen-bond acceptors (Lipinski definition) is 3. The fourth-order valence-corrected chi connectivity index (χ4v) is 1.58. The Morgan fingerprint density at radius 1 is 1.06 bits per heavy atom. The van der Waals surface area contributed by atoms with Crippen molar-refractivity contribution in [1.29, 1.82) is 0 Å². The number of methoxy groups -OCH3 is 1. The Bertz CT molecular complexity index is 475. The summed E-state index contributed by atoms with van der Waals surface area (Å²) in [6, 6.07) is 7.50. The van der Waals surface area contributed by atoms with Crippen LogP contribution in [0.2, 0.25) is 0 Å². The molecule has 1 aromatic carbocycles. The van der Waals surface area contributed by atoms with Crippen LogP contribution in [0.15, 0.2) is 34.5 Å². The first-order chi connectivity index (χ1) is 8.20. The van der Waals surface area contributed by atoms with Crippen molar-refractivity contribution in [3.8, 4) is 5.75 Å². The number of nitrogens with zero attached hydrogens (tertiary/aromatic N) is 4. The molecule has 0 saturated carbocycles. The highest BCUT2D eigenvalue weighted by atomic mass is 35.5. The van der Waals surface area contributed by atoms with Gasteiger partial charge in [0.05, 0.1) is 12.8 Å². The molecule has 0 aromatic heterocycles. The molecule has 0 spiro atoms. The summed E-state index contributed by atoms with van der Waals surface area (Å²) in [6.07, 6.45) is 3.88. The summed E-state index contributed by atoms with van der Waals surface area (Å²) in [5, 5.41) is 8.50. The summed E-state index contributed by atoms with van der Waals surface area (Å²) in [5.74, 6) is 0.820. The minimum Gasteiger partial charge on any atom is -1.00 e. The van der Waals surface area contributed by atoms with Crippen molar-refractivity contribution in [2.45, 2.75) is 6.29 Å². The molecule has 6 heteroatoms. The molecular formula is C12H16ClN4O+. The lowest BCUT2D eigenvalue weighted by Gasteiger charge is -1.99. The van der Waals surface area contributed by atoms with Gasteiger partial charge in [-0.1, -0.05) is 0 Å². The monoisotopic (exact) mass is 267 g/mol. The second-order valence-electron chi connectivity index (χ2n) is 3.89. The van der Waals surface area contributed by atoms with Gasteiger partial charge in [0.15, 0.2) is 0 Å². The third kappa shape index (κ3) is 3.13. The first-order valence-corrected chi connectivity index (χ1v) is 5.38. The topological polar surface area (TPSA) is 40.0 Å². The molecule has 96 valence electrons. The Labute approximate surface area is 113 Å². The predicted octanol–water partition coefficient (Wildman–Crippen LogP) is -1.49. The highest BCUT2D eigenvalue weighted by molar-refractivity contribution is 6.11. The molecule has 18 heavy (non-hydrogen) atoms. The van der Waals surface area contributed by atoms with Crippen LogP contribution in [0.3, 0.4) is 0 Å². The van der Waals surface area contributed by atoms with E-state index < -0.39 is 0 Å². The molecule has 0 fully saturated rings. The predicted molar refractivity (Wildman–Crippen MR) is 65.8 cm³/mol. The van der Waals surface area contributed by atoms with Gasteiger partial charge in [-0.2, -0.15) is 0 Å². The number of rotatable bonds is 3. The number of halogens is 1. The normalized spacial score (nSPS) is 15.3. The molecule has 0 amide bonds. The minimum absolute atomic E-state index is 0. The highest BCUT2D eigenvalue weighted by Crippen LogP contribution is 2.18. The van der Waals surface area contributed by atoms with E-state index in [1.54, 1.807) is 7.11 Å². The third-order valence-corrected chi connectivity index (χ3v) is 2.61. The van der Waals surface area contributed by atoms with Gasteiger partial charge in [-0.25, -0.2) is 0 Å². The van der Waals surface area contributed by atoms with E-state index >= 15 is 0 Å². The van der Waals surface area contributed by atoms with E-state index in [-0.39, 0.29) is 18.7 Å². The maximum Gasteiger partial charge on any atom is 0.464 e. The van der Waals surface area contributed by atoms with Crippen molar-refractivity contribution in [2.24, 2.45) is 10.2 Å². The van der Waals surface area contributed by atoms with Crippen LogP contribution < -0.4 is 17.1 Å². The largest absolute Gasteiger partial charge is 1.00 e. The van der Waals surface area contributed by atoms with Crippen molar-refractivity contribution < 1.29 is 26.3 Å². The number of hydrogen-bond donors (Lipinski definition) is 0. The minimum atomic E-state index is -0.0582. The van der Waals surface area contributed by atoms with Gasteiger partial charge in [-0.05, 0) is 29.4 Å². The molecule has 0 aliphatic carbocycles. The summed E-state index contributed by atoms with van der Waals surface area (Å²) in [4.78, 5) is 0. The van der Waals surface area contributed by atoms with Crippen LogP contribution >= 0.6 is 0 Å². The van der Waals surface area contributed by atoms with Crippen molar-refractivity contribution in [3.05, 3.63) is 24.3 Å². The summed E-state index contributed by atoms with van der Waals surface area (Å²) < 4.78 is 9.07. The zero-order valence-electron chi connectivity index (χ0n) is 10.6. The van der Waals surface area contributed by atoms with Gasteiger partial charge < -0.3 is 17.1 Å². The van der Waals surface area contributed by atoms with E-state index in [2.05, 4.69) is 10.2 Å². The molecule has 0 atom stereocenters. The van der Waals surface area contributed by atoms with E-state index in [1.807, 2.05) is 59.9 Å². The van der Waals surface area contributed by atoms with Crippen molar-refractivity contribution >= 4 is 18.1 Å². The SMILES string of the molecule is COc1ccc(N=NC2[N+](C)=CC=[N+]2C)cc1.[Cl-]. The lowest BCUT2D eigenvalue weighted by Crippen LogP contribution is -3.00. The van der Waals surface area contributed by atoms with Gasteiger partial charge in [-0.15, -0.1) is 14.3 Å². The lowest BCUT2D eigenvalue weighted by molar-refractivity contribution is -0.737. The average Bonchev–Trinajstić information content (AvgIpc) is 2.67. The fraction of sp³-hybridized carbons (Fsp3) is 0.333. The Hall–Kier alpha value is -1.75. The molecule has 1 aromatic rings. The van der Waals surface area contributed by atoms with Crippen LogP contribution in [-0.2, 0) is 0 Å². The first kappa shape index (κ1) is 14.3. The maximum absolute atomic E-state index is 5.08. The lowest BCUT2D eigenvalue weighted by atomic mass is 10.3. The van der Waals surface area contributed by atoms with E-state index in [0.29, 0.717) is 0 Å². The molecule has 1 heterocycles. The van der Waals surface area contributed by atoms with Gasteiger partial charge in [-0.3, -0.25) is 0 Å². The Morgan fingerprint density at radius 2 is 1.61 bits per heavy atom. The number of azo groups is 1. The molecule has 0 radical (unpaired) electrons.